The van der Waals surface area contributed by atoms with Crippen LogP contribution in [-0.4, -0.2) is 158 Å². The van der Waals surface area contributed by atoms with Crippen molar-refractivity contribution in [2.24, 2.45) is 11.1 Å². The molecule has 0 bridgehead atoms. The number of nitrogens with zero attached hydrogens (tertiary/aromatic N) is 3. The number of hydrogen-bond donors (Lipinski definition) is 10. The van der Waals surface area contributed by atoms with Crippen molar-refractivity contribution in [2.45, 2.75) is 142 Å². The molecule has 1 aliphatic rings. The van der Waals surface area contributed by atoms with Gasteiger partial charge in [0.2, 0.25) is 53.2 Å². The van der Waals surface area contributed by atoms with Crippen LogP contribution < -0.4 is 42.9 Å². The average molecular weight is 1200 g/mol. The van der Waals surface area contributed by atoms with Crippen molar-refractivity contribution in [1.82, 2.24) is 51.7 Å². The van der Waals surface area contributed by atoms with E-state index in [0.29, 0.717) is 16.1 Å². The SMILES string of the molecule is [2H]N(C(C)=O)[C@@H](C)C(=O)N[C@@H](C)C(=O)N[C@@H](CC(N)=O)C(=O)N[C@@H](CCN(C(=O)CO)[C@@H](c1cc(-c2cc(F)ccc2F)cn1Cc1ccccc1)C(C)(C)C)C(=O)NCCNC(=O)[C@@H](CCC(=O)O)NC(=O)CCCC(=O)ON1C(=O)CCC1=O. The number of hydroxylamine groups is 2. The number of nitrogens with one attached hydrogen (secondary N) is 7. The van der Waals surface area contributed by atoms with Crippen LogP contribution in [0.25, 0.3) is 11.1 Å². The molecule has 4 rings (SSSR count). The van der Waals surface area contributed by atoms with Crippen molar-refractivity contribution < 1.29 is 87.6 Å². The van der Waals surface area contributed by atoms with Crippen molar-refractivity contribution in [1.29, 1.82) is 0 Å². The van der Waals surface area contributed by atoms with Gasteiger partial charge in [0.05, 0.1) is 12.5 Å². The Kier molecular flexibility index (Phi) is 25.1. The molecule has 1 fully saturated rings. The Bertz CT molecular complexity index is 3000. The predicted molar refractivity (Wildman–Crippen MR) is 295 cm³/mol. The number of carboxylic acid groups (broad SMARTS) is 1. The molecule has 1 aromatic heterocycles. The number of aromatic nitrogens is 1. The summed E-state index contributed by atoms with van der Waals surface area (Å²) in [5, 5.41) is 35.0. The van der Waals surface area contributed by atoms with E-state index in [-0.39, 0.29) is 43.4 Å². The van der Waals surface area contributed by atoms with Gasteiger partial charge in [0.25, 0.3) is 11.8 Å². The average Bonchev–Trinajstić information content (AvgIpc) is 1.72. The standard InChI is InChI=1S/C56H73F2N11O16/c1-31(62-33(3)71)51(80)63-32(2)52(81)66-41(27-43(59)72)55(84)65-40(54(83)61-23-22-60-53(82)39(17-20-48(77)78)64-44(73)13-10-14-49(79)85-69-45(74)18-19-46(69)75)21-24-68(47(76)30-70)50(56(4,5)6)42-25-35(37-26-36(57)15-16-38(37)58)29-67(42)28-34-11-8-7-9-12-34/h7-9,11-12,15-16,25-26,29,31-32,39-41,50,70H,10,13-14,17-24,27-28,30H2,1-6H3,(H2,59,72)(H,60,82)(H,61,83)(H,62,71)(H,63,80)(H,64,73)(H,65,84)(H,66,81)(H,77,78)/t31-,32-,39+,40-,41-,50-/m0/s1/i/hD. The fourth-order valence-electron chi connectivity index (χ4n) is 8.97. The maximum atomic E-state index is 15.5. The number of primary amides is 1. The monoisotopic (exact) mass is 1190 g/mol. The first-order chi connectivity index (χ1) is 40.4. The third kappa shape index (κ3) is 21.5. The zero-order valence-electron chi connectivity index (χ0n) is 48.9. The van der Waals surface area contributed by atoms with Crippen LogP contribution in [0.1, 0.15) is 117 Å². The lowest BCUT2D eigenvalue weighted by Gasteiger charge is -2.41. The number of benzene rings is 2. The molecule has 6 atom stereocenters. The largest absolute Gasteiger partial charge is 0.481 e. The van der Waals surface area contributed by atoms with Gasteiger partial charge in [-0.15, -0.1) is 5.06 Å². The highest BCUT2D eigenvalue weighted by molar-refractivity contribution is 6.02. The van der Waals surface area contributed by atoms with Crippen LogP contribution in [0.4, 0.5) is 8.78 Å². The first-order valence-electron chi connectivity index (χ1n) is 27.6. The lowest BCUT2D eigenvalue weighted by Crippen LogP contribution is -2.58. The summed E-state index contributed by atoms with van der Waals surface area (Å²) in [6, 6.07) is 4.59. The number of nitrogens with two attached hydrogens (primary N) is 1. The number of aliphatic carboxylic acids is 1. The van der Waals surface area contributed by atoms with Gasteiger partial charge < -0.3 is 67.5 Å². The van der Waals surface area contributed by atoms with E-state index in [9.17, 15) is 76.9 Å². The number of carbonyl (C=O) groups excluding carboxylic acids is 12. The smallest absolute Gasteiger partial charge is 0.333 e. The van der Waals surface area contributed by atoms with Gasteiger partial charge in [0.15, 0.2) is 1.41 Å². The van der Waals surface area contributed by atoms with E-state index < -0.39 is 189 Å². The van der Waals surface area contributed by atoms with Crippen LogP contribution in [0, 0.1) is 17.0 Å². The first-order valence-corrected chi connectivity index (χ1v) is 27.1. The Morgan fingerprint density at radius 1 is 0.765 bits per heavy atom. The summed E-state index contributed by atoms with van der Waals surface area (Å²) >= 11 is 0. The number of imide groups is 1. The number of aliphatic hydroxyl groups excluding tert-OH is 1. The maximum absolute atomic E-state index is 15.5. The van der Waals surface area contributed by atoms with Gasteiger partial charge >= 0.3 is 11.9 Å². The van der Waals surface area contributed by atoms with E-state index in [1.165, 1.54) is 18.7 Å². The molecule has 1 saturated heterocycles. The third-order valence-electron chi connectivity index (χ3n) is 13.1. The minimum Gasteiger partial charge on any atom is -0.481 e. The molecule has 0 aliphatic carbocycles. The number of carbonyl (C=O) groups is 13. The summed E-state index contributed by atoms with van der Waals surface area (Å²) in [7, 11) is 0. The molecule has 0 saturated carbocycles. The van der Waals surface area contributed by atoms with Gasteiger partial charge in [-0.25, -0.2) is 13.6 Å². The van der Waals surface area contributed by atoms with Gasteiger partial charge in [0, 0.05) is 88.2 Å². The third-order valence-corrected chi connectivity index (χ3v) is 13.1. The highest BCUT2D eigenvalue weighted by Gasteiger charge is 2.39. The molecule has 3 aromatic rings. The van der Waals surface area contributed by atoms with Crippen LogP contribution in [0.3, 0.4) is 0 Å². The number of hydrogen-bond acceptors (Lipinski definition) is 15. The fourth-order valence-corrected chi connectivity index (χ4v) is 8.97. The second-order valence-electron chi connectivity index (χ2n) is 21.1. The lowest BCUT2D eigenvalue weighted by atomic mass is 9.82. The molecule has 0 radical (unpaired) electrons. The number of rotatable bonds is 32. The molecule has 0 unspecified atom stereocenters. The summed E-state index contributed by atoms with van der Waals surface area (Å²) in [5.41, 5.74) is 5.77. The molecule has 462 valence electrons. The van der Waals surface area contributed by atoms with Crippen molar-refractivity contribution in [3.63, 3.8) is 0 Å². The van der Waals surface area contributed by atoms with Crippen LogP contribution in [0.2, 0.25) is 1.41 Å². The summed E-state index contributed by atoms with van der Waals surface area (Å²) < 4.78 is 39.6. The highest BCUT2D eigenvalue weighted by Crippen LogP contribution is 2.41. The number of halogens is 2. The molecule has 27 nitrogen and oxygen atoms in total. The Labute approximate surface area is 489 Å². The lowest BCUT2D eigenvalue weighted by molar-refractivity contribution is -0.197. The van der Waals surface area contributed by atoms with Gasteiger partial charge in [-0.2, -0.15) is 0 Å². The van der Waals surface area contributed by atoms with Crippen molar-refractivity contribution in [3.8, 4) is 11.1 Å². The molecule has 11 amide bonds. The van der Waals surface area contributed by atoms with E-state index in [1.54, 1.807) is 55.8 Å². The minimum absolute atomic E-state index is 0.107. The van der Waals surface area contributed by atoms with Crippen molar-refractivity contribution in [3.05, 3.63) is 83.7 Å². The molecule has 11 N–H and O–H groups in total. The van der Waals surface area contributed by atoms with Crippen LogP contribution in [0.15, 0.2) is 60.8 Å². The van der Waals surface area contributed by atoms with Crippen LogP contribution >= 0.6 is 0 Å². The quantitative estimate of drug-likeness (QED) is 0.0291. The van der Waals surface area contributed by atoms with Crippen molar-refractivity contribution in [2.75, 3.05) is 26.2 Å². The van der Waals surface area contributed by atoms with Gasteiger partial charge in [-0.05, 0) is 68.4 Å². The molecular weight excluding hydrogens is 1120 g/mol. The van der Waals surface area contributed by atoms with Crippen LogP contribution in [0.5, 0.6) is 0 Å². The zero-order chi connectivity index (χ0) is 64.2. The predicted octanol–water partition coefficient (Wildman–Crippen LogP) is 0.0136. The maximum Gasteiger partial charge on any atom is 0.333 e. The van der Waals surface area contributed by atoms with E-state index in [1.807, 2.05) is 12.1 Å². The number of aliphatic hydroxyl groups is 1. The molecule has 85 heavy (non-hydrogen) atoms. The van der Waals surface area contributed by atoms with E-state index in [0.717, 1.165) is 30.7 Å². The first kappa shape index (κ1) is 66.6. The molecule has 29 heteroatoms. The van der Waals surface area contributed by atoms with Gasteiger partial charge in [-0.3, -0.25) is 57.5 Å². The molecule has 2 aromatic carbocycles. The molecule has 1 aliphatic heterocycles. The summed E-state index contributed by atoms with van der Waals surface area (Å²) in [4.78, 5) is 173. The summed E-state index contributed by atoms with van der Waals surface area (Å²) in [6.07, 6.45) is -2.02. The molecular formula is C56H73F2N11O16. The van der Waals surface area contributed by atoms with E-state index >= 15 is 4.39 Å². The molecule has 0 spiro atoms. The Morgan fingerprint density at radius 2 is 1.36 bits per heavy atom. The fraction of sp³-hybridized carbons (Fsp3) is 0.482. The topological polar surface area (TPSA) is 393 Å². The second-order valence-corrected chi connectivity index (χ2v) is 21.1. The van der Waals surface area contributed by atoms with E-state index in [4.69, 9.17) is 12.0 Å². The normalized spacial score (nSPS) is 14.5. The highest BCUT2D eigenvalue weighted by atomic mass is 19.1. The molecule has 2 heterocycles. The van der Waals surface area contributed by atoms with Gasteiger partial charge in [-0.1, -0.05) is 51.1 Å². The second kappa shape index (κ2) is 32.1. The summed E-state index contributed by atoms with van der Waals surface area (Å²) in [5.74, 6) is -13.9. The Balaban J connectivity index is 1.64. The van der Waals surface area contributed by atoms with Gasteiger partial charge in [0.1, 0.15) is 48.5 Å². The van der Waals surface area contributed by atoms with E-state index in [2.05, 4.69) is 31.9 Å². The van der Waals surface area contributed by atoms with Crippen molar-refractivity contribution >= 4 is 76.9 Å². The Morgan fingerprint density at radius 3 is 1.94 bits per heavy atom. The summed E-state index contributed by atoms with van der Waals surface area (Å²) in [6.45, 7) is 6.50. The Hall–Kier alpha value is -9.15. The number of amides is 11. The minimum atomic E-state index is -1.84. The van der Waals surface area contributed by atoms with Crippen LogP contribution in [-0.2, 0) is 73.7 Å². The zero-order valence-corrected chi connectivity index (χ0v) is 47.9. The number of carboxylic acids is 1.